The van der Waals surface area contributed by atoms with E-state index in [0.717, 1.165) is 28.3 Å². The average molecular weight is 560 g/mol. The molecule has 0 heterocycles. The molecule has 0 saturated heterocycles. The fourth-order valence-electron chi connectivity index (χ4n) is 4.66. The highest BCUT2D eigenvalue weighted by Crippen LogP contribution is 2.44. The standard InChI is InChI=1S/C30H29ClF3NO4/c1-29(2,3)39-27(36)26(15-13-18-12-14-25(31)24(16-18)30(32,33)34)35-28(37)38-17-23-21-10-6-4-8-19(21)20-9-5-7-11-22(20)23/h4-12,14,16,23,26H,13,15,17H2,1-3H3,(H,35,37)/t26-/m0/s1. The number of carbonyl (C=O) groups excluding carboxylic acids is 2. The van der Waals surface area contributed by atoms with Crippen molar-refractivity contribution in [2.45, 2.75) is 57.3 Å². The summed E-state index contributed by atoms with van der Waals surface area (Å²) in [5.74, 6) is -0.876. The molecule has 0 saturated carbocycles. The second-order valence-corrected chi connectivity index (χ2v) is 10.8. The Morgan fingerprint density at radius 2 is 1.54 bits per heavy atom. The number of alkyl halides is 3. The van der Waals surface area contributed by atoms with Crippen LogP contribution in [0.15, 0.2) is 66.7 Å². The van der Waals surface area contributed by atoms with E-state index in [0.29, 0.717) is 5.56 Å². The molecule has 0 unspecified atom stereocenters. The molecular weight excluding hydrogens is 531 g/mol. The Morgan fingerprint density at radius 3 is 2.10 bits per heavy atom. The maximum absolute atomic E-state index is 13.3. The second-order valence-electron chi connectivity index (χ2n) is 10.4. The Balaban J connectivity index is 1.46. The number of amides is 1. The molecule has 206 valence electrons. The van der Waals surface area contributed by atoms with Gasteiger partial charge in [-0.05, 0) is 73.6 Å². The highest BCUT2D eigenvalue weighted by molar-refractivity contribution is 6.31. The summed E-state index contributed by atoms with van der Waals surface area (Å²) in [6.45, 7) is 5.10. The van der Waals surface area contributed by atoms with E-state index in [-0.39, 0.29) is 25.4 Å². The number of carbonyl (C=O) groups is 2. The van der Waals surface area contributed by atoms with Gasteiger partial charge in [-0.3, -0.25) is 0 Å². The zero-order valence-corrected chi connectivity index (χ0v) is 22.5. The number of alkyl carbamates (subject to hydrolysis) is 1. The van der Waals surface area contributed by atoms with Crippen molar-refractivity contribution in [2.24, 2.45) is 0 Å². The average Bonchev–Trinajstić information content (AvgIpc) is 3.18. The van der Waals surface area contributed by atoms with E-state index in [9.17, 15) is 22.8 Å². The fourth-order valence-corrected chi connectivity index (χ4v) is 4.89. The monoisotopic (exact) mass is 559 g/mol. The van der Waals surface area contributed by atoms with Crippen LogP contribution in [0.2, 0.25) is 5.02 Å². The van der Waals surface area contributed by atoms with Gasteiger partial charge in [0.05, 0.1) is 10.6 Å². The van der Waals surface area contributed by atoms with Crippen LogP contribution in [0.25, 0.3) is 11.1 Å². The van der Waals surface area contributed by atoms with Gasteiger partial charge in [0.15, 0.2) is 0 Å². The van der Waals surface area contributed by atoms with Crippen molar-refractivity contribution >= 4 is 23.7 Å². The first-order valence-corrected chi connectivity index (χ1v) is 12.9. The molecule has 1 aliphatic rings. The molecule has 0 aromatic heterocycles. The van der Waals surface area contributed by atoms with Crippen molar-refractivity contribution in [3.63, 3.8) is 0 Å². The summed E-state index contributed by atoms with van der Waals surface area (Å²) in [4.78, 5) is 25.7. The first kappa shape index (κ1) is 28.5. The van der Waals surface area contributed by atoms with E-state index in [1.54, 1.807) is 20.8 Å². The molecule has 0 radical (unpaired) electrons. The van der Waals surface area contributed by atoms with Crippen LogP contribution in [0.3, 0.4) is 0 Å². The molecule has 1 atom stereocenters. The first-order chi connectivity index (χ1) is 18.3. The van der Waals surface area contributed by atoms with E-state index < -0.39 is 40.5 Å². The molecule has 0 bridgehead atoms. The SMILES string of the molecule is CC(C)(C)OC(=O)[C@H](CCc1ccc(Cl)c(C(F)(F)F)c1)NC(=O)OCC1c2ccccc2-c2ccccc21. The Kier molecular flexibility index (Phi) is 8.25. The summed E-state index contributed by atoms with van der Waals surface area (Å²) < 4.78 is 50.8. The second kappa shape index (κ2) is 11.3. The van der Waals surface area contributed by atoms with Crippen LogP contribution in [-0.2, 0) is 26.9 Å². The molecule has 3 aromatic carbocycles. The van der Waals surface area contributed by atoms with E-state index in [1.807, 2.05) is 48.5 Å². The Hall–Kier alpha value is -3.52. The molecule has 0 spiro atoms. The normalized spacial score (nSPS) is 13.8. The zero-order chi connectivity index (χ0) is 28.4. The smallest absolute Gasteiger partial charge is 0.417 e. The number of fused-ring (bicyclic) bond motifs is 3. The molecule has 0 aliphatic heterocycles. The summed E-state index contributed by atoms with van der Waals surface area (Å²) >= 11 is 5.72. The first-order valence-electron chi connectivity index (χ1n) is 12.5. The van der Waals surface area contributed by atoms with Gasteiger partial charge >= 0.3 is 18.2 Å². The van der Waals surface area contributed by atoms with Crippen LogP contribution in [0, 0.1) is 0 Å². The zero-order valence-electron chi connectivity index (χ0n) is 21.8. The van der Waals surface area contributed by atoms with Crippen LogP contribution in [0.5, 0.6) is 0 Å². The number of hydrogen-bond donors (Lipinski definition) is 1. The third kappa shape index (κ3) is 6.92. The fraction of sp³-hybridized carbons (Fsp3) is 0.333. The predicted octanol–water partition coefficient (Wildman–Crippen LogP) is 7.54. The summed E-state index contributed by atoms with van der Waals surface area (Å²) in [6.07, 6.45) is -5.37. The van der Waals surface area contributed by atoms with E-state index in [1.165, 1.54) is 12.1 Å². The highest BCUT2D eigenvalue weighted by atomic mass is 35.5. The summed E-state index contributed by atoms with van der Waals surface area (Å²) in [7, 11) is 0. The van der Waals surface area contributed by atoms with Crippen molar-refractivity contribution in [3.05, 3.63) is 94.0 Å². The van der Waals surface area contributed by atoms with Crippen molar-refractivity contribution in [1.82, 2.24) is 5.32 Å². The van der Waals surface area contributed by atoms with Gasteiger partial charge in [-0.25, -0.2) is 9.59 Å². The van der Waals surface area contributed by atoms with Crippen molar-refractivity contribution in [2.75, 3.05) is 6.61 Å². The maximum Gasteiger partial charge on any atom is 0.417 e. The number of nitrogens with one attached hydrogen (secondary N) is 1. The number of esters is 1. The largest absolute Gasteiger partial charge is 0.458 e. The molecule has 1 aliphatic carbocycles. The van der Waals surface area contributed by atoms with Gasteiger partial charge in [0.1, 0.15) is 18.2 Å². The molecule has 3 aromatic rings. The minimum Gasteiger partial charge on any atom is -0.458 e. The van der Waals surface area contributed by atoms with Gasteiger partial charge in [-0.15, -0.1) is 0 Å². The quantitative estimate of drug-likeness (QED) is 0.304. The van der Waals surface area contributed by atoms with Crippen LogP contribution >= 0.6 is 11.6 Å². The van der Waals surface area contributed by atoms with Gasteiger partial charge in [0, 0.05) is 5.92 Å². The van der Waals surface area contributed by atoms with Gasteiger partial charge in [0.25, 0.3) is 0 Å². The van der Waals surface area contributed by atoms with Crippen LogP contribution in [0.1, 0.15) is 55.4 Å². The number of ether oxygens (including phenoxy) is 2. The third-order valence-electron chi connectivity index (χ3n) is 6.38. The number of halogens is 4. The van der Waals surface area contributed by atoms with E-state index >= 15 is 0 Å². The maximum atomic E-state index is 13.3. The lowest BCUT2D eigenvalue weighted by Gasteiger charge is -2.25. The minimum atomic E-state index is -4.61. The Morgan fingerprint density at radius 1 is 0.949 bits per heavy atom. The summed E-state index contributed by atoms with van der Waals surface area (Å²) in [5.41, 5.74) is 2.76. The number of aryl methyl sites for hydroxylation is 1. The van der Waals surface area contributed by atoms with Crippen LogP contribution in [0.4, 0.5) is 18.0 Å². The molecule has 39 heavy (non-hydrogen) atoms. The molecule has 5 nitrogen and oxygen atoms in total. The lowest BCUT2D eigenvalue weighted by Crippen LogP contribution is -2.45. The molecular formula is C30H29ClF3NO4. The van der Waals surface area contributed by atoms with Crippen molar-refractivity contribution < 1.29 is 32.2 Å². The number of benzene rings is 3. The van der Waals surface area contributed by atoms with Crippen molar-refractivity contribution in [1.29, 1.82) is 0 Å². The van der Waals surface area contributed by atoms with Gasteiger partial charge in [-0.2, -0.15) is 13.2 Å². The highest BCUT2D eigenvalue weighted by Gasteiger charge is 2.34. The molecule has 0 fully saturated rings. The van der Waals surface area contributed by atoms with Gasteiger partial charge < -0.3 is 14.8 Å². The third-order valence-corrected chi connectivity index (χ3v) is 6.71. The number of hydrogen-bond acceptors (Lipinski definition) is 4. The molecule has 9 heteroatoms. The topological polar surface area (TPSA) is 64.6 Å². The van der Waals surface area contributed by atoms with Gasteiger partial charge in [0.2, 0.25) is 0 Å². The van der Waals surface area contributed by atoms with E-state index in [4.69, 9.17) is 21.1 Å². The van der Waals surface area contributed by atoms with Crippen molar-refractivity contribution in [3.8, 4) is 11.1 Å². The Labute approximate surface area is 230 Å². The van der Waals surface area contributed by atoms with Crippen LogP contribution in [-0.4, -0.2) is 30.3 Å². The summed E-state index contributed by atoms with van der Waals surface area (Å²) in [5, 5.41) is 2.14. The molecule has 1 N–H and O–H groups in total. The lowest BCUT2D eigenvalue weighted by molar-refractivity contribution is -0.157. The molecule has 1 amide bonds. The summed E-state index contributed by atoms with van der Waals surface area (Å²) in [6, 6.07) is 18.2. The Bertz CT molecular complexity index is 1320. The lowest BCUT2D eigenvalue weighted by atomic mass is 9.98. The molecule has 4 rings (SSSR count). The minimum absolute atomic E-state index is 0.00195. The number of rotatable bonds is 7. The van der Waals surface area contributed by atoms with E-state index in [2.05, 4.69) is 5.32 Å². The van der Waals surface area contributed by atoms with Crippen LogP contribution < -0.4 is 5.32 Å². The predicted molar refractivity (Wildman–Crippen MR) is 143 cm³/mol. The van der Waals surface area contributed by atoms with Gasteiger partial charge in [-0.1, -0.05) is 66.2 Å².